The lowest BCUT2D eigenvalue weighted by molar-refractivity contribution is -0.141. The molecule has 0 amide bonds. The van der Waals surface area contributed by atoms with Gasteiger partial charge in [0.25, 0.3) is 0 Å². The first-order valence-corrected chi connectivity index (χ1v) is 9.45. The summed E-state index contributed by atoms with van der Waals surface area (Å²) in [6, 6.07) is 7.52. The summed E-state index contributed by atoms with van der Waals surface area (Å²) in [6.45, 7) is 1.70. The summed E-state index contributed by atoms with van der Waals surface area (Å²) >= 11 is 6.10. The van der Waals surface area contributed by atoms with E-state index in [1.165, 1.54) is 25.3 Å². The molecule has 28 heavy (non-hydrogen) atoms. The van der Waals surface area contributed by atoms with Crippen LogP contribution in [0.2, 0.25) is 5.02 Å². The number of hydrogen-bond donors (Lipinski definition) is 0. The highest BCUT2D eigenvalue weighted by molar-refractivity contribution is 6.32. The van der Waals surface area contributed by atoms with E-state index in [0.29, 0.717) is 29.7 Å². The standard InChI is InChI=1S/C22H21ClF2O3/c1-13(22-17(23)4-3-5-18(22)24)10-15-11-14-6-7-16(8-9-21(26)27-2)28-20(14)12-19(15)25/h3-5,10-12,16H,6-9H2,1-2H3/b13-10+/t16-/m1/s1. The fourth-order valence-corrected chi connectivity index (χ4v) is 3.67. The van der Waals surface area contributed by atoms with Crippen molar-refractivity contribution in [2.24, 2.45) is 0 Å². The Bertz CT molecular complexity index is 904. The predicted octanol–water partition coefficient (Wildman–Crippen LogP) is 5.83. The predicted molar refractivity (Wildman–Crippen MR) is 105 cm³/mol. The molecule has 6 heteroatoms. The van der Waals surface area contributed by atoms with E-state index in [2.05, 4.69) is 4.74 Å². The van der Waals surface area contributed by atoms with E-state index in [4.69, 9.17) is 16.3 Å². The molecule has 0 bridgehead atoms. The third kappa shape index (κ3) is 4.53. The summed E-state index contributed by atoms with van der Waals surface area (Å²) in [6.07, 6.45) is 3.68. The summed E-state index contributed by atoms with van der Waals surface area (Å²) in [5.41, 5.74) is 2.04. The van der Waals surface area contributed by atoms with Crippen LogP contribution in [0.1, 0.15) is 42.9 Å². The smallest absolute Gasteiger partial charge is 0.305 e. The van der Waals surface area contributed by atoms with Crippen LogP contribution < -0.4 is 4.74 Å². The molecular weight excluding hydrogens is 386 g/mol. The summed E-state index contributed by atoms with van der Waals surface area (Å²) < 4.78 is 39.2. The Balaban J connectivity index is 1.82. The van der Waals surface area contributed by atoms with Gasteiger partial charge in [-0.05, 0) is 61.6 Å². The van der Waals surface area contributed by atoms with E-state index < -0.39 is 11.6 Å². The Labute approximate surface area is 167 Å². The maximum absolute atomic E-state index is 14.6. The Morgan fingerprint density at radius 2 is 2.11 bits per heavy atom. The minimum absolute atomic E-state index is 0.147. The third-order valence-electron chi connectivity index (χ3n) is 4.84. The van der Waals surface area contributed by atoms with Crippen molar-refractivity contribution in [1.29, 1.82) is 0 Å². The molecule has 0 saturated carbocycles. The molecule has 0 aliphatic carbocycles. The lowest BCUT2D eigenvalue weighted by Gasteiger charge is -2.26. The number of benzene rings is 2. The van der Waals surface area contributed by atoms with E-state index in [0.717, 1.165) is 12.0 Å². The van der Waals surface area contributed by atoms with Crippen molar-refractivity contribution >= 4 is 29.2 Å². The summed E-state index contributed by atoms with van der Waals surface area (Å²) in [4.78, 5) is 11.3. The van der Waals surface area contributed by atoms with Crippen LogP contribution in [-0.4, -0.2) is 19.2 Å². The van der Waals surface area contributed by atoms with Gasteiger partial charge in [-0.15, -0.1) is 0 Å². The lowest BCUT2D eigenvalue weighted by Crippen LogP contribution is -2.24. The van der Waals surface area contributed by atoms with Gasteiger partial charge in [0.05, 0.1) is 18.2 Å². The van der Waals surface area contributed by atoms with Crippen molar-refractivity contribution in [2.75, 3.05) is 7.11 Å². The lowest BCUT2D eigenvalue weighted by atomic mass is 9.96. The summed E-state index contributed by atoms with van der Waals surface area (Å²) in [5, 5.41) is 0.281. The van der Waals surface area contributed by atoms with E-state index in [1.54, 1.807) is 25.1 Å². The first-order chi connectivity index (χ1) is 13.4. The minimum Gasteiger partial charge on any atom is -0.490 e. The van der Waals surface area contributed by atoms with Crippen LogP contribution in [0.15, 0.2) is 30.3 Å². The molecule has 3 nitrogen and oxygen atoms in total. The average molecular weight is 407 g/mol. The van der Waals surface area contributed by atoms with Gasteiger partial charge in [-0.2, -0.15) is 0 Å². The molecule has 0 unspecified atom stereocenters. The van der Waals surface area contributed by atoms with E-state index in [9.17, 15) is 13.6 Å². The molecule has 0 N–H and O–H groups in total. The van der Waals surface area contributed by atoms with Crippen molar-refractivity contribution in [3.05, 3.63) is 63.7 Å². The number of hydrogen-bond acceptors (Lipinski definition) is 3. The number of methoxy groups -OCH3 is 1. The van der Waals surface area contributed by atoms with Crippen LogP contribution in [0.5, 0.6) is 5.75 Å². The van der Waals surface area contributed by atoms with Crippen LogP contribution in [0.3, 0.4) is 0 Å². The number of rotatable bonds is 5. The second kappa shape index (κ2) is 8.74. The van der Waals surface area contributed by atoms with Crippen molar-refractivity contribution < 1.29 is 23.0 Å². The molecule has 1 atom stereocenters. The molecule has 2 aromatic carbocycles. The number of fused-ring (bicyclic) bond motifs is 1. The van der Waals surface area contributed by atoms with Gasteiger partial charge in [0, 0.05) is 23.6 Å². The van der Waals surface area contributed by atoms with Crippen LogP contribution in [0.4, 0.5) is 8.78 Å². The zero-order valence-corrected chi connectivity index (χ0v) is 16.5. The topological polar surface area (TPSA) is 35.5 Å². The second-order valence-electron chi connectivity index (χ2n) is 6.80. The number of halogens is 3. The Hall–Kier alpha value is -2.40. The van der Waals surface area contributed by atoms with E-state index in [-0.39, 0.29) is 29.1 Å². The zero-order valence-electron chi connectivity index (χ0n) is 15.7. The molecule has 3 rings (SSSR count). The number of aryl methyl sites for hydroxylation is 1. The summed E-state index contributed by atoms with van der Waals surface area (Å²) in [5.74, 6) is -0.712. The zero-order chi connectivity index (χ0) is 20.3. The molecule has 0 radical (unpaired) electrons. The Kier molecular flexibility index (Phi) is 6.35. The van der Waals surface area contributed by atoms with Gasteiger partial charge in [-0.3, -0.25) is 4.79 Å². The highest BCUT2D eigenvalue weighted by atomic mass is 35.5. The van der Waals surface area contributed by atoms with Gasteiger partial charge >= 0.3 is 5.97 Å². The SMILES string of the molecule is COC(=O)CC[C@H]1CCc2cc(/C=C(\C)c3c(F)cccc3Cl)c(F)cc2O1. The first-order valence-electron chi connectivity index (χ1n) is 9.07. The Morgan fingerprint density at radius 1 is 1.32 bits per heavy atom. The normalized spacial score (nSPS) is 16.3. The van der Waals surface area contributed by atoms with E-state index >= 15 is 0 Å². The number of esters is 1. The van der Waals surface area contributed by atoms with Crippen molar-refractivity contribution in [1.82, 2.24) is 0 Å². The van der Waals surface area contributed by atoms with Gasteiger partial charge in [0.15, 0.2) is 0 Å². The molecule has 1 heterocycles. The molecule has 0 aromatic heterocycles. The second-order valence-corrected chi connectivity index (χ2v) is 7.21. The van der Waals surface area contributed by atoms with Gasteiger partial charge in [-0.1, -0.05) is 17.7 Å². The number of ether oxygens (including phenoxy) is 2. The minimum atomic E-state index is -0.459. The van der Waals surface area contributed by atoms with Gasteiger partial charge < -0.3 is 9.47 Å². The monoisotopic (exact) mass is 406 g/mol. The molecule has 2 aromatic rings. The van der Waals surface area contributed by atoms with Gasteiger partial charge in [-0.25, -0.2) is 8.78 Å². The average Bonchev–Trinajstić information content (AvgIpc) is 2.66. The van der Waals surface area contributed by atoms with Crippen LogP contribution in [-0.2, 0) is 16.0 Å². The van der Waals surface area contributed by atoms with Crippen molar-refractivity contribution in [3.8, 4) is 5.75 Å². The molecular formula is C22H21ClF2O3. The highest BCUT2D eigenvalue weighted by Crippen LogP contribution is 2.34. The number of allylic oxidation sites excluding steroid dienone is 1. The quantitative estimate of drug-likeness (QED) is 0.463. The highest BCUT2D eigenvalue weighted by Gasteiger charge is 2.22. The van der Waals surface area contributed by atoms with Crippen LogP contribution in [0, 0.1) is 11.6 Å². The van der Waals surface area contributed by atoms with E-state index in [1.807, 2.05) is 0 Å². The molecule has 1 aliphatic rings. The fourth-order valence-electron chi connectivity index (χ4n) is 3.35. The van der Waals surface area contributed by atoms with Crippen molar-refractivity contribution in [3.63, 3.8) is 0 Å². The molecule has 0 saturated heterocycles. The molecule has 0 spiro atoms. The third-order valence-corrected chi connectivity index (χ3v) is 5.15. The van der Waals surface area contributed by atoms with Crippen molar-refractivity contribution in [2.45, 2.75) is 38.7 Å². The molecule has 148 valence electrons. The van der Waals surface area contributed by atoms with Gasteiger partial charge in [0.2, 0.25) is 0 Å². The first kappa shape index (κ1) is 20.3. The fraction of sp³-hybridized carbons (Fsp3) is 0.318. The van der Waals surface area contributed by atoms with Crippen LogP contribution in [0.25, 0.3) is 11.6 Å². The molecule has 0 fully saturated rings. The Morgan fingerprint density at radius 3 is 2.82 bits per heavy atom. The van der Waals surface area contributed by atoms with Crippen LogP contribution >= 0.6 is 11.6 Å². The number of carbonyl (C=O) groups is 1. The summed E-state index contributed by atoms with van der Waals surface area (Å²) in [7, 11) is 1.35. The van der Waals surface area contributed by atoms with Gasteiger partial charge in [0.1, 0.15) is 17.4 Å². The largest absolute Gasteiger partial charge is 0.490 e. The maximum Gasteiger partial charge on any atom is 0.305 e. The number of carbonyl (C=O) groups excluding carboxylic acids is 1. The molecule has 1 aliphatic heterocycles. The maximum atomic E-state index is 14.6.